The fourth-order valence-electron chi connectivity index (χ4n) is 2.92. The van der Waals surface area contributed by atoms with Crippen molar-refractivity contribution in [2.75, 3.05) is 0 Å². The van der Waals surface area contributed by atoms with Crippen LogP contribution in [0.5, 0.6) is 0 Å². The molecule has 1 unspecified atom stereocenters. The maximum absolute atomic E-state index is 11.9. The molecule has 0 saturated heterocycles. The lowest BCUT2D eigenvalue weighted by atomic mass is 10.1. The molecule has 1 atom stereocenters. The Balaban J connectivity index is 2.14. The van der Waals surface area contributed by atoms with Gasteiger partial charge in [0, 0.05) is 18.9 Å². The maximum Gasteiger partial charge on any atom is 0.306 e. The molecule has 150 valence electrons. The number of benzene rings is 1. The number of ether oxygens (including phenoxy) is 1. The Morgan fingerprint density at radius 1 is 1.00 bits per heavy atom. The first-order chi connectivity index (χ1) is 12.9. The van der Waals surface area contributed by atoms with Gasteiger partial charge in [-0.25, -0.2) is 0 Å². The van der Waals surface area contributed by atoms with Crippen molar-refractivity contribution in [3.63, 3.8) is 0 Å². The third kappa shape index (κ3) is 9.72. The second-order valence-corrected chi connectivity index (χ2v) is 6.67. The molecule has 0 amide bonds. The predicted octanol–water partition coefficient (Wildman–Crippen LogP) is 5.18. The fraction of sp³-hybridized carbons (Fsp3) is 0.600. The van der Waals surface area contributed by atoms with Crippen LogP contribution in [0.3, 0.4) is 0 Å². The van der Waals surface area contributed by atoms with Crippen molar-refractivity contribution in [3.05, 3.63) is 39.9 Å². The van der Waals surface area contributed by atoms with Gasteiger partial charge < -0.3 is 9.84 Å². The van der Waals surface area contributed by atoms with Crippen LogP contribution in [0.25, 0.3) is 0 Å². The van der Waals surface area contributed by atoms with E-state index in [1.54, 1.807) is 25.1 Å². The van der Waals surface area contributed by atoms with Crippen LogP contribution in [-0.2, 0) is 14.3 Å². The average molecular weight is 379 g/mol. The molecule has 1 rings (SSSR count). The molecule has 0 saturated carbocycles. The van der Waals surface area contributed by atoms with Gasteiger partial charge in [0.15, 0.2) is 0 Å². The van der Waals surface area contributed by atoms with Crippen LogP contribution in [0, 0.1) is 10.1 Å². The summed E-state index contributed by atoms with van der Waals surface area (Å²) in [4.78, 5) is 32.9. The van der Waals surface area contributed by atoms with Gasteiger partial charge in [0.1, 0.15) is 6.10 Å². The maximum atomic E-state index is 11.9. The van der Waals surface area contributed by atoms with E-state index in [9.17, 15) is 19.7 Å². The lowest BCUT2D eigenvalue weighted by Crippen LogP contribution is -2.10. The Morgan fingerprint density at radius 3 is 2.07 bits per heavy atom. The van der Waals surface area contributed by atoms with Gasteiger partial charge in [0.2, 0.25) is 0 Å². The van der Waals surface area contributed by atoms with Gasteiger partial charge in [-0.05, 0) is 25.8 Å². The van der Waals surface area contributed by atoms with Gasteiger partial charge in [-0.1, -0.05) is 50.7 Å². The molecule has 7 nitrogen and oxygen atoms in total. The zero-order valence-electron chi connectivity index (χ0n) is 15.9. The number of hydrogen-bond donors (Lipinski definition) is 1. The number of carbonyl (C=O) groups excluding carboxylic acids is 1. The topological polar surface area (TPSA) is 107 Å². The summed E-state index contributed by atoms with van der Waals surface area (Å²) in [6, 6.07) is 6.28. The molecule has 27 heavy (non-hydrogen) atoms. The van der Waals surface area contributed by atoms with Gasteiger partial charge in [0.05, 0.1) is 10.5 Å². The van der Waals surface area contributed by atoms with Crippen LogP contribution in [0.2, 0.25) is 0 Å². The average Bonchev–Trinajstić information content (AvgIpc) is 2.62. The largest absolute Gasteiger partial charge is 0.481 e. The number of esters is 1. The summed E-state index contributed by atoms with van der Waals surface area (Å²) in [5.74, 6) is -1.08. The van der Waals surface area contributed by atoms with Crippen molar-refractivity contribution in [1.82, 2.24) is 0 Å². The Hall–Kier alpha value is -2.44. The minimum atomic E-state index is -0.738. The predicted molar refractivity (Wildman–Crippen MR) is 101 cm³/mol. The summed E-state index contributed by atoms with van der Waals surface area (Å²) >= 11 is 0. The summed E-state index contributed by atoms with van der Waals surface area (Å²) in [7, 11) is 0. The third-order valence-electron chi connectivity index (χ3n) is 4.40. The molecule has 0 aliphatic heterocycles. The molecular weight excluding hydrogens is 350 g/mol. The van der Waals surface area contributed by atoms with Crippen LogP contribution in [0.4, 0.5) is 5.69 Å². The van der Waals surface area contributed by atoms with Crippen LogP contribution >= 0.6 is 0 Å². The highest BCUT2D eigenvalue weighted by Gasteiger charge is 2.20. The van der Waals surface area contributed by atoms with Gasteiger partial charge in [-0.3, -0.25) is 19.7 Å². The number of para-hydroxylation sites is 1. The normalized spacial score (nSPS) is 11.7. The minimum Gasteiger partial charge on any atom is -0.481 e. The molecule has 0 aliphatic carbocycles. The zero-order valence-corrected chi connectivity index (χ0v) is 15.9. The van der Waals surface area contributed by atoms with E-state index in [1.807, 2.05) is 0 Å². The standard InChI is InChI=1S/C20H29NO6/c1-16(17-12-10-11-13-18(17)21(25)26)27-20(24)15-9-7-5-3-2-4-6-8-14-19(22)23/h10-13,16H,2-9,14-15H2,1H3,(H,22,23). The highest BCUT2D eigenvalue weighted by atomic mass is 16.6. The quantitative estimate of drug-likeness (QED) is 0.206. The molecule has 1 aromatic carbocycles. The Bertz CT molecular complexity index is 616. The number of aliphatic carboxylic acids is 1. The highest BCUT2D eigenvalue weighted by molar-refractivity contribution is 5.69. The third-order valence-corrected chi connectivity index (χ3v) is 4.40. The zero-order chi connectivity index (χ0) is 20.1. The molecule has 0 aliphatic rings. The molecule has 0 radical (unpaired) electrons. The molecule has 0 heterocycles. The smallest absolute Gasteiger partial charge is 0.306 e. The van der Waals surface area contributed by atoms with Crippen molar-refractivity contribution in [1.29, 1.82) is 0 Å². The van der Waals surface area contributed by atoms with E-state index in [2.05, 4.69) is 0 Å². The lowest BCUT2D eigenvalue weighted by molar-refractivity contribution is -0.386. The number of nitro benzene ring substituents is 1. The number of carboxylic acid groups (broad SMARTS) is 1. The summed E-state index contributed by atoms with van der Waals surface area (Å²) in [5, 5.41) is 19.6. The second-order valence-electron chi connectivity index (χ2n) is 6.67. The van der Waals surface area contributed by atoms with E-state index in [0.717, 1.165) is 51.4 Å². The van der Waals surface area contributed by atoms with Crippen LogP contribution < -0.4 is 0 Å². The molecule has 1 aromatic rings. The van der Waals surface area contributed by atoms with Gasteiger partial charge in [0.25, 0.3) is 5.69 Å². The van der Waals surface area contributed by atoms with E-state index < -0.39 is 17.0 Å². The molecule has 0 spiro atoms. The van der Waals surface area contributed by atoms with Crippen molar-refractivity contribution < 1.29 is 24.4 Å². The summed E-state index contributed by atoms with van der Waals surface area (Å²) in [6.45, 7) is 1.64. The molecule has 0 bridgehead atoms. The molecular formula is C20H29NO6. The van der Waals surface area contributed by atoms with E-state index in [1.165, 1.54) is 6.07 Å². The molecule has 0 fully saturated rings. The van der Waals surface area contributed by atoms with Crippen LogP contribution in [-0.4, -0.2) is 22.0 Å². The number of unbranched alkanes of at least 4 members (excludes halogenated alkanes) is 7. The van der Waals surface area contributed by atoms with Crippen molar-refractivity contribution in [3.8, 4) is 0 Å². The van der Waals surface area contributed by atoms with Crippen LogP contribution in [0.15, 0.2) is 24.3 Å². The molecule has 0 aromatic heterocycles. The number of hydrogen-bond acceptors (Lipinski definition) is 5. The molecule has 7 heteroatoms. The minimum absolute atomic E-state index is 0.0406. The Morgan fingerprint density at radius 2 is 1.52 bits per heavy atom. The number of carbonyl (C=O) groups is 2. The van der Waals surface area contributed by atoms with Crippen molar-refractivity contribution in [2.45, 2.75) is 77.2 Å². The highest BCUT2D eigenvalue weighted by Crippen LogP contribution is 2.27. The second kappa shape index (κ2) is 12.8. The lowest BCUT2D eigenvalue weighted by Gasteiger charge is -2.13. The van der Waals surface area contributed by atoms with Gasteiger partial charge in [-0.2, -0.15) is 0 Å². The summed E-state index contributed by atoms with van der Waals surface area (Å²) in [5.41, 5.74) is 0.361. The number of rotatable bonds is 14. The van der Waals surface area contributed by atoms with E-state index in [0.29, 0.717) is 12.0 Å². The molecule has 1 N–H and O–H groups in total. The van der Waals surface area contributed by atoms with Crippen molar-refractivity contribution in [2.24, 2.45) is 0 Å². The van der Waals surface area contributed by atoms with Gasteiger partial charge in [-0.15, -0.1) is 0 Å². The first-order valence-corrected chi connectivity index (χ1v) is 9.56. The fourth-order valence-corrected chi connectivity index (χ4v) is 2.92. The number of carboxylic acids is 1. The van der Waals surface area contributed by atoms with Crippen LogP contribution in [0.1, 0.15) is 82.8 Å². The summed E-state index contributed by atoms with van der Waals surface area (Å²) < 4.78 is 5.33. The SMILES string of the molecule is CC(OC(=O)CCCCCCCCCCC(=O)O)c1ccccc1[N+](=O)[O-]. The monoisotopic (exact) mass is 379 g/mol. The first-order valence-electron chi connectivity index (χ1n) is 9.56. The summed E-state index contributed by atoms with van der Waals surface area (Å²) in [6.07, 6.45) is 7.50. The van der Waals surface area contributed by atoms with E-state index in [-0.39, 0.29) is 18.1 Å². The first kappa shape index (κ1) is 22.6. The van der Waals surface area contributed by atoms with E-state index >= 15 is 0 Å². The Kier molecular flexibility index (Phi) is 10.7. The van der Waals surface area contributed by atoms with Gasteiger partial charge >= 0.3 is 11.9 Å². The number of nitro groups is 1. The number of nitrogens with zero attached hydrogens (tertiary/aromatic N) is 1. The van der Waals surface area contributed by atoms with Crippen molar-refractivity contribution >= 4 is 17.6 Å². The van der Waals surface area contributed by atoms with E-state index in [4.69, 9.17) is 9.84 Å². The Labute approximate surface area is 159 Å².